The third-order valence-corrected chi connectivity index (χ3v) is 5.77. The first kappa shape index (κ1) is 22.1. The fourth-order valence-electron chi connectivity index (χ4n) is 3.32. The lowest BCUT2D eigenvalue weighted by Gasteiger charge is -2.20. The summed E-state index contributed by atoms with van der Waals surface area (Å²) in [6.45, 7) is 12.8. The first-order valence-corrected chi connectivity index (χ1v) is 11.4. The van der Waals surface area contributed by atoms with Gasteiger partial charge in [0.25, 0.3) is 0 Å². The van der Waals surface area contributed by atoms with E-state index < -0.39 is 0 Å². The van der Waals surface area contributed by atoms with Crippen molar-refractivity contribution < 1.29 is 0 Å². The first-order valence-electron chi connectivity index (χ1n) is 10.2. The topological polar surface area (TPSA) is 42.9 Å². The molecule has 152 valence electrons. The third kappa shape index (κ3) is 8.11. The van der Waals surface area contributed by atoms with Gasteiger partial charge in [0, 0.05) is 31.1 Å². The van der Waals surface area contributed by atoms with E-state index in [4.69, 9.17) is 4.99 Å². The van der Waals surface area contributed by atoms with Crippen molar-refractivity contribution in [3.63, 3.8) is 0 Å². The molecule has 1 saturated heterocycles. The number of likely N-dealkylation sites (N-methyl/N-ethyl adjacent to an activating group) is 1. The van der Waals surface area contributed by atoms with E-state index in [1.807, 2.05) is 0 Å². The zero-order valence-corrected chi connectivity index (χ0v) is 18.4. The molecule has 1 fully saturated rings. The fraction of sp³-hybridized carbons (Fsp3) is 0.667. The number of nitrogens with zero attached hydrogens (tertiary/aromatic N) is 3. The molecule has 2 rings (SSSR count). The molecule has 1 aliphatic heterocycles. The summed E-state index contributed by atoms with van der Waals surface area (Å²) >= 11 is 1.79. The average molecular weight is 392 g/mol. The van der Waals surface area contributed by atoms with Crippen molar-refractivity contribution in [2.75, 3.05) is 59.1 Å². The second-order valence-electron chi connectivity index (χ2n) is 7.29. The number of hydrogen-bond donors (Lipinski definition) is 2. The van der Waals surface area contributed by atoms with Crippen LogP contribution >= 0.6 is 11.8 Å². The van der Waals surface area contributed by atoms with Crippen molar-refractivity contribution in [3.8, 4) is 0 Å². The molecular weight excluding hydrogens is 354 g/mol. The maximum absolute atomic E-state index is 4.79. The van der Waals surface area contributed by atoms with Gasteiger partial charge in [-0.15, -0.1) is 11.8 Å². The molecule has 0 spiro atoms. The highest BCUT2D eigenvalue weighted by Crippen LogP contribution is 2.22. The highest BCUT2D eigenvalue weighted by atomic mass is 32.2. The standard InChI is InChI=1S/C21H37N5S/c1-5-22-21(24-17-19-9-8-18(2)16-20(19)27-4)23-10-6-12-26-13-7-11-25(3)14-15-26/h8-9,16H,5-7,10-15,17H2,1-4H3,(H2,22,23,24). The molecule has 0 saturated carbocycles. The van der Waals surface area contributed by atoms with Crippen LogP contribution in [0.5, 0.6) is 0 Å². The van der Waals surface area contributed by atoms with Gasteiger partial charge in [0.05, 0.1) is 6.54 Å². The Hall–Kier alpha value is -1.24. The van der Waals surface area contributed by atoms with E-state index in [0.717, 1.165) is 32.0 Å². The molecule has 1 aromatic rings. The molecule has 0 radical (unpaired) electrons. The van der Waals surface area contributed by atoms with Gasteiger partial charge in [-0.2, -0.15) is 0 Å². The molecule has 0 unspecified atom stereocenters. The lowest BCUT2D eigenvalue weighted by atomic mass is 10.1. The predicted octanol–water partition coefficient (Wildman–Crippen LogP) is 2.80. The molecule has 27 heavy (non-hydrogen) atoms. The lowest BCUT2D eigenvalue weighted by Crippen LogP contribution is -2.39. The van der Waals surface area contributed by atoms with Gasteiger partial charge in [0.2, 0.25) is 0 Å². The maximum Gasteiger partial charge on any atom is 0.191 e. The van der Waals surface area contributed by atoms with Crippen LogP contribution in [0.25, 0.3) is 0 Å². The number of aryl methyl sites for hydroxylation is 1. The van der Waals surface area contributed by atoms with Gasteiger partial charge in [-0.25, -0.2) is 4.99 Å². The van der Waals surface area contributed by atoms with Crippen molar-refractivity contribution in [1.29, 1.82) is 0 Å². The van der Waals surface area contributed by atoms with Crippen molar-refractivity contribution >= 4 is 17.7 Å². The monoisotopic (exact) mass is 391 g/mol. The van der Waals surface area contributed by atoms with Crippen molar-refractivity contribution in [3.05, 3.63) is 29.3 Å². The highest BCUT2D eigenvalue weighted by Gasteiger charge is 2.11. The van der Waals surface area contributed by atoms with Gasteiger partial charge in [0.15, 0.2) is 5.96 Å². The van der Waals surface area contributed by atoms with Crippen molar-refractivity contribution in [2.24, 2.45) is 4.99 Å². The zero-order chi connectivity index (χ0) is 19.5. The second kappa shape index (κ2) is 12.3. The largest absolute Gasteiger partial charge is 0.357 e. The Morgan fingerprint density at radius 2 is 2.04 bits per heavy atom. The van der Waals surface area contributed by atoms with E-state index in [1.54, 1.807) is 11.8 Å². The summed E-state index contributed by atoms with van der Waals surface area (Å²) in [6, 6.07) is 6.61. The van der Waals surface area contributed by atoms with Gasteiger partial charge in [0.1, 0.15) is 0 Å². The Kier molecular flexibility index (Phi) is 10.0. The van der Waals surface area contributed by atoms with E-state index in [9.17, 15) is 0 Å². The molecule has 0 aliphatic carbocycles. The van der Waals surface area contributed by atoms with Gasteiger partial charge in [-0.3, -0.25) is 0 Å². The number of rotatable bonds is 8. The lowest BCUT2D eigenvalue weighted by molar-refractivity contribution is 0.274. The number of thioether (sulfide) groups is 1. The summed E-state index contributed by atoms with van der Waals surface area (Å²) in [4.78, 5) is 11.1. The molecule has 5 nitrogen and oxygen atoms in total. The Morgan fingerprint density at radius 1 is 1.19 bits per heavy atom. The number of benzene rings is 1. The van der Waals surface area contributed by atoms with E-state index in [-0.39, 0.29) is 0 Å². The zero-order valence-electron chi connectivity index (χ0n) is 17.6. The summed E-state index contributed by atoms with van der Waals surface area (Å²) in [5.41, 5.74) is 2.59. The fourth-order valence-corrected chi connectivity index (χ4v) is 4.02. The highest BCUT2D eigenvalue weighted by molar-refractivity contribution is 7.98. The van der Waals surface area contributed by atoms with Gasteiger partial charge >= 0.3 is 0 Å². The molecular formula is C21H37N5S. The second-order valence-corrected chi connectivity index (χ2v) is 8.14. The van der Waals surface area contributed by atoms with Crippen molar-refractivity contribution in [1.82, 2.24) is 20.4 Å². The number of hydrogen-bond acceptors (Lipinski definition) is 4. The Bertz CT molecular complexity index is 590. The van der Waals surface area contributed by atoms with Crippen LogP contribution in [0.1, 0.15) is 30.9 Å². The molecule has 1 aliphatic rings. The average Bonchev–Trinajstić information content (AvgIpc) is 2.88. The summed E-state index contributed by atoms with van der Waals surface area (Å²) in [5.74, 6) is 0.917. The van der Waals surface area contributed by atoms with Crippen LogP contribution in [0.4, 0.5) is 0 Å². The predicted molar refractivity (Wildman–Crippen MR) is 119 cm³/mol. The van der Waals surface area contributed by atoms with Crippen LogP contribution in [0.15, 0.2) is 28.1 Å². The van der Waals surface area contributed by atoms with E-state index in [2.05, 4.69) is 65.8 Å². The first-order chi connectivity index (χ1) is 13.1. The van der Waals surface area contributed by atoms with E-state index in [0.29, 0.717) is 6.54 Å². The van der Waals surface area contributed by atoms with Crippen LogP contribution < -0.4 is 10.6 Å². The molecule has 1 heterocycles. The van der Waals surface area contributed by atoms with Crippen LogP contribution in [0.3, 0.4) is 0 Å². The number of guanidine groups is 1. The van der Waals surface area contributed by atoms with Gasteiger partial charge in [-0.1, -0.05) is 12.1 Å². The Labute approximate surface area is 170 Å². The molecule has 2 N–H and O–H groups in total. The smallest absolute Gasteiger partial charge is 0.191 e. The molecule has 0 atom stereocenters. The van der Waals surface area contributed by atoms with Crippen LogP contribution in [0, 0.1) is 6.92 Å². The number of aliphatic imine (C=N–C) groups is 1. The summed E-state index contributed by atoms with van der Waals surface area (Å²) in [7, 11) is 2.22. The summed E-state index contributed by atoms with van der Waals surface area (Å²) in [6.07, 6.45) is 4.56. The van der Waals surface area contributed by atoms with Crippen molar-refractivity contribution in [2.45, 2.75) is 38.1 Å². The van der Waals surface area contributed by atoms with Crippen LogP contribution in [-0.4, -0.2) is 74.9 Å². The molecule has 1 aromatic carbocycles. The van der Waals surface area contributed by atoms with Crippen LogP contribution in [-0.2, 0) is 6.54 Å². The van der Waals surface area contributed by atoms with Gasteiger partial charge in [-0.05, 0) is 76.8 Å². The molecule has 6 heteroatoms. The number of nitrogens with one attached hydrogen (secondary N) is 2. The SMILES string of the molecule is CCNC(=NCc1ccc(C)cc1SC)NCCCN1CCCN(C)CC1. The summed E-state index contributed by atoms with van der Waals surface area (Å²) in [5, 5.41) is 6.87. The third-order valence-electron chi connectivity index (χ3n) is 4.95. The minimum Gasteiger partial charge on any atom is -0.357 e. The Balaban J connectivity index is 1.80. The minimum atomic E-state index is 0.713. The molecule has 0 amide bonds. The molecule has 0 bridgehead atoms. The van der Waals surface area contributed by atoms with Crippen LogP contribution in [0.2, 0.25) is 0 Å². The Morgan fingerprint density at radius 3 is 2.81 bits per heavy atom. The normalized spacial score (nSPS) is 17.0. The minimum absolute atomic E-state index is 0.713. The summed E-state index contributed by atoms with van der Waals surface area (Å²) < 4.78 is 0. The quantitative estimate of drug-likeness (QED) is 0.309. The molecule has 0 aromatic heterocycles. The maximum atomic E-state index is 4.79. The van der Waals surface area contributed by atoms with Gasteiger partial charge < -0.3 is 20.4 Å². The van der Waals surface area contributed by atoms with E-state index >= 15 is 0 Å². The van der Waals surface area contributed by atoms with E-state index in [1.165, 1.54) is 48.6 Å².